The van der Waals surface area contributed by atoms with E-state index in [4.69, 9.17) is 14.6 Å². The number of carbonyl (C=O) groups is 1. The Labute approximate surface area is 208 Å². The lowest BCUT2D eigenvalue weighted by Gasteiger charge is -2.45. The summed E-state index contributed by atoms with van der Waals surface area (Å²) < 4.78 is 13.3. The Bertz CT molecular complexity index is 1170. The summed E-state index contributed by atoms with van der Waals surface area (Å²) in [4.78, 5) is 15.2. The molecule has 1 N–H and O–H groups in total. The molecule has 3 aliphatic heterocycles. The molecular formula is C26H31BrN4O3. The second-order valence-electron chi connectivity index (χ2n) is 9.21. The van der Waals surface area contributed by atoms with Crippen molar-refractivity contribution in [2.75, 3.05) is 40.4 Å². The number of piperidine rings is 3. The number of hydrogen-bond acceptors (Lipinski definition) is 6. The van der Waals surface area contributed by atoms with Crippen molar-refractivity contribution in [2.24, 2.45) is 5.92 Å². The fraction of sp³-hybridized carbons (Fsp3) is 0.462. The van der Waals surface area contributed by atoms with Gasteiger partial charge in [-0.25, -0.2) is 4.79 Å². The van der Waals surface area contributed by atoms with Gasteiger partial charge in [-0.2, -0.15) is 5.10 Å². The summed E-state index contributed by atoms with van der Waals surface area (Å²) in [6, 6.07) is 12.3. The molecule has 0 radical (unpaired) electrons. The van der Waals surface area contributed by atoms with Crippen LogP contribution >= 0.6 is 15.9 Å². The number of carbonyl (C=O) groups excluding carboxylic acids is 1. The zero-order valence-corrected chi connectivity index (χ0v) is 21.3. The predicted molar refractivity (Wildman–Crippen MR) is 136 cm³/mol. The van der Waals surface area contributed by atoms with Crippen molar-refractivity contribution in [1.29, 1.82) is 0 Å². The molecular weight excluding hydrogens is 496 g/mol. The first kappa shape index (κ1) is 23.3. The highest BCUT2D eigenvalue weighted by Gasteiger charge is 2.33. The van der Waals surface area contributed by atoms with Crippen molar-refractivity contribution >= 4 is 32.8 Å². The summed E-state index contributed by atoms with van der Waals surface area (Å²) in [6.45, 7) is 5.03. The van der Waals surface area contributed by atoms with E-state index in [1.165, 1.54) is 33.0 Å². The van der Waals surface area contributed by atoms with Crippen LogP contribution in [0.5, 0.6) is 5.75 Å². The van der Waals surface area contributed by atoms with Crippen LogP contribution in [0.1, 0.15) is 34.5 Å². The molecule has 0 unspecified atom stereocenters. The van der Waals surface area contributed by atoms with Gasteiger partial charge in [0.05, 0.1) is 37.5 Å². The van der Waals surface area contributed by atoms with Gasteiger partial charge in [0.2, 0.25) is 0 Å². The first-order chi connectivity index (χ1) is 16.6. The number of esters is 1. The van der Waals surface area contributed by atoms with Gasteiger partial charge in [-0.1, -0.05) is 12.1 Å². The number of hydrogen-bond donors (Lipinski definition) is 1. The highest BCUT2D eigenvalue weighted by Crippen LogP contribution is 2.32. The number of ether oxygens (including phenoxy) is 2. The molecule has 6 rings (SSSR count). The number of methoxy groups -OCH3 is 2. The number of fused-ring (bicyclic) bond motifs is 4. The lowest BCUT2D eigenvalue weighted by molar-refractivity contribution is 0.0603. The molecule has 0 spiro atoms. The summed E-state index contributed by atoms with van der Waals surface area (Å²) in [5.41, 5.74) is 3.49. The molecule has 0 saturated carbocycles. The molecule has 2 aromatic carbocycles. The van der Waals surface area contributed by atoms with E-state index in [1.807, 2.05) is 41.1 Å². The largest absolute Gasteiger partial charge is 0.497 e. The van der Waals surface area contributed by atoms with Crippen LogP contribution in [0, 0.1) is 5.92 Å². The predicted octanol–water partition coefficient (Wildman–Crippen LogP) is 3.87. The average molecular weight is 527 g/mol. The standard InChI is InChI=1S/C26H31BrN4O3/c1-33-19-5-3-17(4-6-19)15-31-25-21(27)8-7-20(26(32)34-2)24(25)22(29-31)9-12-28-23-16-30-13-10-18(23)11-14-30/h3-8,18,23,28H,9-16H2,1-2H3/t23-/m1/s1. The molecule has 3 fully saturated rings. The summed E-state index contributed by atoms with van der Waals surface area (Å²) in [6.07, 6.45) is 3.32. The molecule has 0 amide bonds. The van der Waals surface area contributed by atoms with E-state index in [-0.39, 0.29) is 5.97 Å². The summed E-state index contributed by atoms with van der Waals surface area (Å²) in [5.74, 6) is 1.25. The van der Waals surface area contributed by atoms with Crippen molar-refractivity contribution < 1.29 is 14.3 Å². The number of nitrogens with zero attached hydrogens (tertiary/aromatic N) is 3. The zero-order valence-electron chi connectivity index (χ0n) is 19.7. The molecule has 4 heterocycles. The molecule has 180 valence electrons. The first-order valence-electron chi connectivity index (χ1n) is 11.9. The third kappa shape index (κ3) is 4.59. The first-order valence-corrected chi connectivity index (χ1v) is 12.7. The third-order valence-electron chi connectivity index (χ3n) is 7.24. The van der Waals surface area contributed by atoms with Gasteiger partial charge >= 0.3 is 5.97 Å². The van der Waals surface area contributed by atoms with Gasteiger partial charge in [-0.05, 0) is 77.6 Å². The van der Waals surface area contributed by atoms with Crippen LogP contribution in [0.15, 0.2) is 40.9 Å². The Hall–Kier alpha value is -2.42. The normalized spacial score (nSPS) is 21.7. The molecule has 3 aromatic rings. The Kier molecular flexibility index (Phi) is 6.90. The fourth-order valence-electron chi connectivity index (χ4n) is 5.40. The minimum absolute atomic E-state index is 0.340. The molecule has 2 bridgehead atoms. The molecule has 1 aromatic heterocycles. The lowest BCUT2D eigenvalue weighted by Crippen LogP contribution is -2.56. The smallest absolute Gasteiger partial charge is 0.338 e. The SMILES string of the molecule is COC(=O)c1ccc(Br)c2c1c(CCN[C@@H]1CN3CCC1CC3)nn2Cc1ccc(OC)cc1. The number of halogens is 1. The Morgan fingerprint density at radius 2 is 1.91 bits per heavy atom. The van der Waals surface area contributed by atoms with E-state index in [9.17, 15) is 4.79 Å². The molecule has 3 aliphatic rings. The summed E-state index contributed by atoms with van der Waals surface area (Å²) in [7, 11) is 3.09. The topological polar surface area (TPSA) is 68.6 Å². The Morgan fingerprint density at radius 3 is 2.56 bits per heavy atom. The minimum atomic E-state index is -0.340. The maximum absolute atomic E-state index is 12.6. The van der Waals surface area contributed by atoms with Gasteiger partial charge in [0.25, 0.3) is 0 Å². The van der Waals surface area contributed by atoms with Gasteiger partial charge in [-0.15, -0.1) is 0 Å². The highest BCUT2D eigenvalue weighted by molar-refractivity contribution is 9.10. The minimum Gasteiger partial charge on any atom is -0.497 e. The maximum Gasteiger partial charge on any atom is 0.338 e. The van der Waals surface area contributed by atoms with Crippen molar-refractivity contribution in [3.63, 3.8) is 0 Å². The van der Waals surface area contributed by atoms with Gasteiger partial charge in [0.1, 0.15) is 5.75 Å². The molecule has 0 aliphatic carbocycles. The van der Waals surface area contributed by atoms with Crippen LogP contribution in [-0.2, 0) is 17.7 Å². The van der Waals surface area contributed by atoms with E-state index in [0.29, 0.717) is 18.2 Å². The van der Waals surface area contributed by atoms with E-state index in [2.05, 4.69) is 26.1 Å². The van der Waals surface area contributed by atoms with Crippen molar-refractivity contribution in [3.8, 4) is 5.75 Å². The fourth-order valence-corrected chi connectivity index (χ4v) is 5.94. The second kappa shape index (κ2) is 10.1. The van der Waals surface area contributed by atoms with E-state index in [1.54, 1.807) is 7.11 Å². The Balaban J connectivity index is 1.44. The van der Waals surface area contributed by atoms with E-state index < -0.39 is 0 Å². The van der Waals surface area contributed by atoms with Crippen LogP contribution in [-0.4, -0.2) is 67.1 Å². The molecule has 3 saturated heterocycles. The average Bonchev–Trinajstić information content (AvgIpc) is 3.24. The maximum atomic E-state index is 12.6. The summed E-state index contributed by atoms with van der Waals surface area (Å²) >= 11 is 3.70. The molecule has 34 heavy (non-hydrogen) atoms. The van der Waals surface area contributed by atoms with Crippen molar-refractivity contribution in [1.82, 2.24) is 20.0 Å². The van der Waals surface area contributed by atoms with Gasteiger partial charge in [-0.3, -0.25) is 4.68 Å². The lowest BCUT2D eigenvalue weighted by atomic mass is 9.84. The van der Waals surface area contributed by atoms with Crippen LogP contribution in [0.4, 0.5) is 0 Å². The third-order valence-corrected chi connectivity index (χ3v) is 7.88. The van der Waals surface area contributed by atoms with E-state index in [0.717, 1.165) is 57.8 Å². The van der Waals surface area contributed by atoms with Gasteiger partial charge < -0.3 is 19.7 Å². The van der Waals surface area contributed by atoms with Gasteiger partial charge in [0, 0.05) is 35.4 Å². The monoisotopic (exact) mass is 526 g/mol. The van der Waals surface area contributed by atoms with Crippen molar-refractivity contribution in [2.45, 2.75) is 31.8 Å². The number of rotatable bonds is 8. The van der Waals surface area contributed by atoms with Crippen LogP contribution in [0.3, 0.4) is 0 Å². The Morgan fingerprint density at radius 1 is 1.15 bits per heavy atom. The molecule has 7 nitrogen and oxygen atoms in total. The second-order valence-corrected chi connectivity index (χ2v) is 10.1. The summed E-state index contributed by atoms with van der Waals surface area (Å²) in [5, 5.41) is 9.64. The van der Waals surface area contributed by atoms with Crippen LogP contribution in [0.2, 0.25) is 0 Å². The number of aromatic nitrogens is 2. The van der Waals surface area contributed by atoms with Gasteiger partial charge in [0.15, 0.2) is 0 Å². The quantitative estimate of drug-likeness (QED) is 0.449. The van der Waals surface area contributed by atoms with Crippen LogP contribution in [0.25, 0.3) is 10.9 Å². The zero-order chi connectivity index (χ0) is 23.7. The molecule has 8 heteroatoms. The van der Waals surface area contributed by atoms with Crippen molar-refractivity contribution in [3.05, 3.63) is 57.7 Å². The molecule has 1 atom stereocenters. The number of benzene rings is 2. The highest BCUT2D eigenvalue weighted by atomic mass is 79.9. The van der Waals surface area contributed by atoms with E-state index >= 15 is 0 Å². The number of nitrogens with one attached hydrogen (secondary N) is 1. The van der Waals surface area contributed by atoms with Crippen LogP contribution < -0.4 is 10.1 Å².